The lowest BCUT2D eigenvalue weighted by Crippen LogP contribution is -2.40. The number of amides is 1. The predicted molar refractivity (Wildman–Crippen MR) is 117 cm³/mol. The zero-order valence-electron chi connectivity index (χ0n) is 18.2. The number of aliphatic hydroxyl groups is 1. The van der Waals surface area contributed by atoms with Gasteiger partial charge in [0, 0.05) is 29.7 Å². The molecule has 1 aliphatic rings. The Labute approximate surface area is 181 Å². The molecule has 2 N–H and O–H groups in total. The smallest absolute Gasteiger partial charge is 0.254 e. The summed E-state index contributed by atoms with van der Waals surface area (Å²) >= 11 is 0. The number of rotatable bonds is 6. The minimum absolute atomic E-state index is 0.0421. The fourth-order valence-corrected chi connectivity index (χ4v) is 3.89. The van der Waals surface area contributed by atoms with Gasteiger partial charge in [0.25, 0.3) is 11.9 Å². The largest absolute Gasteiger partial charge is 0.368 e. The zero-order chi connectivity index (χ0) is 22.0. The van der Waals surface area contributed by atoms with Crippen molar-refractivity contribution in [1.29, 1.82) is 0 Å². The third-order valence-corrected chi connectivity index (χ3v) is 5.77. The van der Waals surface area contributed by atoms with Gasteiger partial charge in [0.05, 0.1) is 22.9 Å². The van der Waals surface area contributed by atoms with Gasteiger partial charge in [0.2, 0.25) is 0 Å². The minimum atomic E-state index is -0.734. The molecule has 1 fully saturated rings. The van der Waals surface area contributed by atoms with Crippen LogP contribution >= 0.6 is 0 Å². The van der Waals surface area contributed by atoms with Gasteiger partial charge in [0.1, 0.15) is 0 Å². The van der Waals surface area contributed by atoms with Gasteiger partial charge in [-0.2, -0.15) is 9.78 Å². The molecular weight excluding hydrogens is 394 g/mol. The summed E-state index contributed by atoms with van der Waals surface area (Å²) in [7, 11) is 0. The molecule has 164 valence electrons. The summed E-state index contributed by atoms with van der Waals surface area (Å²) in [5.74, 6) is 0.325. The highest BCUT2D eigenvalue weighted by atomic mass is 16.6. The lowest BCUT2D eigenvalue weighted by Gasteiger charge is -2.31. The number of para-hydroxylation sites is 1. The molecule has 1 amide bonds. The van der Waals surface area contributed by atoms with Crippen LogP contribution < -0.4 is 5.32 Å². The molecule has 1 aromatic carbocycles. The number of nitrogens with one attached hydrogen (secondary N) is 1. The molecule has 0 saturated heterocycles. The van der Waals surface area contributed by atoms with E-state index in [2.05, 4.69) is 20.4 Å². The molecule has 0 spiro atoms. The zero-order valence-corrected chi connectivity index (χ0v) is 18.2. The van der Waals surface area contributed by atoms with Crippen LogP contribution in [0.5, 0.6) is 0 Å². The number of hydrogen-bond donors (Lipinski definition) is 2. The van der Waals surface area contributed by atoms with Crippen molar-refractivity contribution in [2.24, 2.45) is 5.92 Å². The Morgan fingerprint density at radius 1 is 1.16 bits per heavy atom. The average molecular weight is 424 g/mol. The second-order valence-corrected chi connectivity index (χ2v) is 8.50. The van der Waals surface area contributed by atoms with Crippen LogP contribution in [0, 0.1) is 12.8 Å². The Balaban J connectivity index is 1.36. The van der Waals surface area contributed by atoms with Gasteiger partial charge >= 0.3 is 0 Å². The van der Waals surface area contributed by atoms with Gasteiger partial charge in [-0.15, -0.1) is 0 Å². The van der Waals surface area contributed by atoms with Crippen LogP contribution in [-0.4, -0.2) is 49.2 Å². The molecule has 0 bridgehead atoms. The topological polar surface area (TPSA) is 102 Å². The lowest BCUT2D eigenvalue weighted by atomic mass is 9.92. The van der Waals surface area contributed by atoms with Crippen molar-refractivity contribution in [2.75, 3.05) is 0 Å². The highest BCUT2D eigenvalue weighted by Crippen LogP contribution is 2.24. The van der Waals surface area contributed by atoms with E-state index in [0.717, 1.165) is 42.3 Å². The van der Waals surface area contributed by atoms with E-state index in [4.69, 9.17) is 4.74 Å². The summed E-state index contributed by atoms with van der Waals surface area (Å²) in [5, 5.41) is 18.5. The van der Waals surface area contributed by atoms with E-state index in [1.54, 1.807) is 4.68 Å². The summed E-state index contributed by atoms with van der Waals surface area (Å²) in [5.41, 5.74) is 2.26. The molecule has 1 saturated carbocycles. The van der Waals surface area contributed by atoms with E-state index in [1.807, 2.05) is 45.0 Å². The number of aliphatic hydroxyl groups excluding tert-OH is 1. The van der Waals surface area contributed by atoms with Gasteiger partial charge in [-0.05, 0) is 38.7 Å². The SMILES string of the molecule is Cc1nn(-c2ncc(C(=O)NC3CCC(OC(O)C(C)C)CC3)cn2)c2ccccc12. The highest BCUT2D eigenvalue weighted by Gasteiger charge is 2.26. The van der Waals surface area contributed by atoms with E-state index in [0.29, 0.717) is 11.5 Å². The first-order chi connectivity index (χ1) is 14.9. The molecule has 3 aromatic rings. The number of benzene rings is 1. The first-order valence-corrected chi connectivity index (χ1v) is 10.8. The molecule has 4 rings (SSSR count). The Bertz CT molecular complexity index is 1040. The first-order valence-electron chi connectivity index (χ1n) is 10.8. The van der Waals surface area contributed by atoms with Crippen LogP contribution in [0.15, 0.2) is 36.7 Å². The average Bonchev–Trinajstić information content (AvgIpc) is 3.12. The van der Waals surface area contributed by atoms with Gasteiger partial charge in [-0.3, -0.25) is 4.79 Å². The third-order valence-electron chi connectivity index (χ3n) is 5.77. The van der Waals surface area contributed by atoms with Gasteiger partial charge in [-0.25, -0.2) is 9.97 Å². The van der Waals surface area contributed by atoms with Crippen LogP contribution in [0.2, 0.25) is 0 Å². The number of nitrogens with zero attached hydrogens (tertiary/aromatic N) is 4. The molecule has 8 heteroatoms. The Hall–Kier alpha value is -2.84. The maximum atomic E-state index is 12.6. The predicted octanol–water partition coefficient (Wildman–Crippen LogP) is 3.16. The van der Waals surface area contributed by atoms with Gasteiger partial charge < -0.3 is 15.2 Å². The van der Waals surface area contributed by atoms with Crippen LogP contribution in [0.3, 0.4) is 0 Å². The molecule has 1 atom stereocenters. The van der Waals surface area contributed by atoms with E-state index < -0.39 is 6.29 Å². The van der Waals surface area contributed by atoms with Crippen molar-refractivity contribution in [3.8, 4) is 5.95 Å². The fourth-order valence-electron chi connectivity index (χ4n) is 3.89. The molecule has 1 aliphatic carbocycles. The lowest BCUT2D eigenvalue weighted by molar-refractivity contribution is -0.166. The third kappa shape index (κ3) is 4.75. The van der Waals surface area contributed by atoms with E-state index >= 15 is 0 Å². The molecule has 0 radical (unpaired) electrons. The van der Waals surface area contributed by atoms with Crippen LogP contribution in [0.25, 0.3) is 16.9 Å². The standard InChI is InChI=1S/C23H29N5O3/c1-14(2)22(30)31-18-10-8-17(9-11-18)26-21(29)16-12-24-23(25-13-16)28-20-7-5-4-6-19(20)15(3)27-28/h4-7,12-14,17-18,22,30H,8-11H2,1-3H3,(H,26,29). The highest BCUT2D eigenvalue weighted by molar-refractivity contribution is 5.93. The van der Waals surface area contributed by atoms with Crippen molar-refractivity contribution in [1.82, 2.24) is 25.1 Å². The fraction of sp³-hybridized carbons (Fsp3) is 0.478. The Morgan fingerprint density at radius 3 is 2.52 bits per heavy atom. The number of fused-ring (bicyclic) bond motifs is 1. The quantitative estimate of drug-likeness (QED) is 0.591. The summed E-state index contributed by atoms with van der Waals surface area (Å²) in [4.78, 5) is 21.4. The van der Waals surface area contributed by atoms with E-state index in [1.165, 1.54) is 12.4 Å². The maximum absolute atomic E-state index is 12.6. The summed E-state index contributed by atoms with van der Waals surface area (Å²) in [6, 6.07) is 7.99. The van der Waals surface area contributed by atoms with Crippen molar-refractivity contribution >= 4 is 16.8 Å². The second-order valence-electron chi connectivity index (χ2n) is 8.50. The number of aryl methyl sites for hydroxylation is 1. The molecule has 2 heterocycles. The number of carbonyl (C=O) groups is 1. The van der Waals surface area contributed by atoms with Crippen molar-refractivity contribution in [2.45, 2.75) is 64.9 Å². The first kappa shape index (κ1) is 21.4. The van der Waals surface area contributed by atoms with Crippen molar-refractivity contribution in [3.63, 3.8) is 0 Å². The summed E-state index contributed by atoms with van der Waals surface area (Å²) < 4.78 is 7.39. The summed E-state index contributed by atoms with van der Waals surface area (Å²) in [6.07, 6.45) is 5.65. The molecule has 0 aliphatic heterocycles. The number of carbonyl (C=O) groups excluding carboxylic acids is 1. The van der Waals surface area contributed by atoms with Gasteiger partial charge in [0.15, 0.2) is 6.29 Å². The molecular formula is C23H29N5O3. The van der Waals surface area contributed by atoms with Crippen LogP contribution in [0.1, 0.15) is 55.6 Å². The molecule has 1 unspecified atom stereocenters. The number of ether oxygens (including phenoxy) is 1. The van der Waals surface area contributed by atoms with Crippen LogP contribution in [0.4, 0.5) is 0 Å². The van der Waals surface area contributed by atoms with E-state index in [9.17, 15) is 9.90 Å². The Morgan fingerprint density at radius 2 is 1.84 bits per heavy atom. The van der Waals surface area contributed by atoms with E-state index in [-0.39, 0.29) is 24.0 Å². The summed E-state index contributed by atoms with van der Waals surface area (Å²) in [6.45, 7) is 5.81. The second kappa shape index (κ2) is 9.11. The molecule has 2 aromatic heterocycles. The molecule has 31 heavy (non-hydrogen) atoms. The number of hydrogen-bond acceptors (Lipinski definition) is 6. The van der Waals surface area contributed by atoms with Crippen molar-refractivity contribution < 1.29 is 14.6 Å². The number of aromatic nitrogens is 4. The van der Waals surface area contributed by atoms with Crippen molar-refractivity contribution in [3.05, 3.63) is 47.9 Å². The van der Waals surface area contributed by atoms with Gasteiger partial charge in [-0.1, -0.05) is 32.0 Å². The van der Waals surface area contributed by atoms with Crippen LogP contribution in [-0.2, 0) is 4.74 Å². The normalized spacial score (nSPS) is 20.2. The maximum Gasteiger partial charge on any atom is 0.254 e. The Kier molecular flexibility index (Phi) is 6.29. The minimum Gasteiger partial charge on any atom is -0.368 e. The monoisotopic (exact) mass is 423 g/mol. The molecule has 8 nitrogen and oxygen atoms in total.